The van der Waals surface area contributed by atoms with Crippen molar-refractivity contribution in [1.82, 2.24) is 5.32 Å². The summed E-state index contributed by atoms with van der Waals surface area (Å²) in [5.41, 5.74) is 0.391. The maximum atomic E-state index is 13.5. The molecule has 0 aliphatic rings. The van der Waals surface area contributed by atoms with E-state index in [0.717, 1.165) is 19.0 Å². The van der Waals surface area contributed by atoms with Gasteiger partial charge in [0.15, 0.2) is 11.6 Å². The van der Waals surface area contributed by atoms with Gasteiger partial charge in [0.05, 0.1) is 0 Å². The van der Waals surface area contributed by atoms with Crippen LogP contribution in [0.2, 0.25) is 0 Å². The highest BCUT2D eigenvalue weighted by Gasteiger charge is 2.13. The highest BCUT2D eigenvalue weighted by Crippen LogP contribution is 2.19. The summed E-state index contributed by atoms with van der Waals surface area (Å²) in [7, 11) is 0. The molecule has 2 atom stereocenters. The minimum atomic E-state index is -0.784. The number of hydrogen-bond donors (Lipinski definition) is 1. The van der Waals surface area contributed by atoms with E-state index in [1.54, 1.807) is 17.8 Å². The summed E-state index contributed by atoms with van der Waals surface area (Å²) in [6.07, 6.45) is 3.09. The predicted molar refractivity (Wildman–Crippen MR) is 70.4 cm³/mol. The van der Waals surface area contributed by atoms with Gasteiger partial charge in [0.25, 0.3) is 0 Å². The molecule has 0 aromatic heterocycles. The van der Waals surface area contributed by atoms with Crippen LogP contribution in [0.5, 0.6) is 0 Å². The van der Waals surface area contributed by atoms with Gasteiger partial charge in [-0.3, -0.25) is 0 Å². The summed E-state index contributed by atoms with van der Waals surface area (Å²) >= 11 is 1.80. The Morgan fingerprint density at radius 3 is 2.65 bits per heavy atom. The van der Waals surface area contributed by atoms with Gasteiger partial charge in [0.1, 0.15) is 0 Å². The van der Waals surface area contributed by atoms with Gasteiger partial charge in [-0.15, -0.1) is 0 Å². The van der Waals surface area contributed by atoms with E-state index in [1.807, 2.05) is 6.92 Å². The molecule has 1 aromatic carbocycles. The van der Waals surface area contributed by atoms with Gasteiger partial charge in [-0.2, -0.15) is 11.8 Å². The first kappa shape index (κ1) is 14.5. The molecule has 0 bridgehead atoms. The van der Waals surface area contributed by atoms with Crippen molar-refractivity contribution in [2.45, 2.75) is 31.6 Å². The molecule has 0 saturated heterocycles. The molecule has 2 unspecified atom stereocenters. The molecule has 0 spiro atoms. The molecule has 0 saturated carbocycles. The number of halogens is 2. The van der Waals surface area contributed by atoms with E-state index in [2.05, 4.69) is 18.5 Å². The van der Waals surface area contributed by atoms with Crippen molar-refractivity contribution in [1.29, 1.82) is 0 Å². The van der Waals surface area contributed by atoms with Crippen LogP contribution in [0, 0.1) is 11.6 Å². The molecule has 0 amide bonds. The molecule has 1 nitrogen and oxygen atoms in total. The van der Waals surface area contributed by atoms with Gasteiger partial charge in [0, 0.05) is 16.9 Å². The second-order valence-corrected chi connectivity index (χ2v) is 5.43. The fourth-order valence-electron chi connectivity index (χ4n) is 1.59. The molecule has 0 radical (unpaired) electrons. The quantitative estimate of drug-likeness (QED) is 0.835. The van der Waals surface area contributed by atoms with E-state index in [1.165, 1.54) is 6.07 Å². The SMILES string of the molecule is CSC(C)CCNC(C)c1cccc(F)c1F. The van der Waals surface area contributed by atoms with Crippen LogP contribution in [0.15, 0.2) is 18.2 Å². The molecular formula is C13H19F2NS. The van der Waals surface area contributed by atoms with Gasteiger partial charge in [-0.25, -0.2) is 8.78 Å². The Kier molecular flexibility index (Phi) is 5.92. The van der Waals surface area contributed by atoms with E-state index in [0.29, 0.717) is 10.8 Å². The Hall–Kier alpha value is -0.610. The molecule has 0 heterocycles. The first-order valence-corrected chi connectivity index (χ1v) is 7.05. The van der Waals surface area contributed by atoms with Gasteiger partial charge in [-0.1, -0.05) is 19.1 Å². The van der Waals surface area contributed by atoms with Crippen LogP contribution in [-0.4, -0.2) is 18.1 Å². The standard InChI is InChI=1S/C13H19F2NS/c1-9(17-3)7-8-16-10(2)11-5-4-6-12(14)13(11)15/h4-6,9-10,16H,7-8H2,1-3H3. The molecule has 0 aliphatic heterocycles. The van der Waals surface area contributed by atoms with Gasteiger partial charge in [-0.05, 0) is 32.2 Å². The molecule has 1 aromatic rings. The third-order valence-electron chi connectivity index (χ3n) is 2.85. The third kappa shape index (κ3) is 4.28. The average molecular weight is 259 g/mol. The zero-order valence-corrected chi connectivity index (χ0v) is 11.3. The maximum absolute atomic E-state index is 13.5. The molecule has 96 valence electrons. The minimum Gasteiger partial charge on any atom is -0.310 e. The highest BCUT2D eigenvalue weighted by molar-refractivity contribution is 7.99. The second-order valence-electron chi connectivity index (χ2n) is 4.15. The van der Waals surface area contributed by atoms with Crippen molar-refractivity contribution < 1.29 is 8.78 Å². The summed E-state index contributed by atoms with van der Waals surface area (Å²) in [6.45, 7) is 4.81. The van der Waals surface area contributed by atoms with Crippen LogP contribution in [0.1, 0.15) is 31.9 Å². The lowest BCUT2D eigenvalue weighted by molar-refractivity contribution is 0.471. The number of benzene rings is 1. The lowest BCUT2D eigenvalue weighted by Crippen LogP contribution is -2.23. The van der Waals surface area contributed by atoms with E-state index < -0.39 is 11.6 Å². The highest BCUT2D eigenvalue weighted by atomic mass is 32.2. The Morgan fingerprint density at radius 2 is 2.00 bits per heavy atom. The summed E-state index contributed by atoms with van der Waals surface area (Å²) in [4.78, 5) is 0. The first-order valence-electron chi connectivity index (χ1n) is 5.76. The zero-order valence-electron chi connectivity index (χ0n) is 10.5. The summed E-state index contributed by atoms with van der Waals surface area (Å²) in [6, 6.07) is 4.13. The monoisotopic (exact) mass is 259 g/mol. The number of rotatable bonds is 6. The van der Waals surface area contributed by atoms with Crippen molar-refractivity contribution >= 4 is 11.8 Å². The van der Waals surface area contributed by atoms with Crippen LogP contribution in [0.3, 0.4) is 0 Å². The lowest BCUT2D eigenvalue weighted by Gasteiger charge is -2.16. The summed E-state index contributed by atoms with van der Waals surface area (Å²) < 4.78 is 26.5. The van der Waals surface area contributed by atoms with E-state index >= 15 is 0 Å². The molecule has 1 rings (SSSR count). The Bertz CT molecular complexity index is 357. The van der Waals surface area contributed by atoms with Crippen molar-refractivity contribution in [2.75, 3.05) is 12.8 Å². The van der Waals surface area contributed by atoms with E-state index in [-0.39, 0.29) is 6.04 Å². The van der Waals surface area contributed by atoms with Gasteiger partial charge >= 0.3 is 0 Å². The molecule has 1 N–H and O–H groups in total. The fourth-order valence-corrected chi connectivity index (χ4v) is 1.94. The Balaban J connectivity index is 2.52. The number of thioether (sulfide) groups is 1. The fraction of sp³-hybridized carbons (Fsp3) is 0.538. The lowest BCUT2D eigenvalue weighted by atomic mass is 10.1. The Labute approximate surface area is 106 Å². The first-order chi connectivity index (χ1) is 8.06. The third-order valence-corrected chi connectivity index (χ3v) is 3.89. The molecule has 4 heteroatoms. The smallest absolute Gasteiger partial charge is 0.163 e. The maximum Gasteiger partial charge on any atom is 0.163 e. The van der Waals surface area contributed by atoms with Crippen molar-refractivity contribution in [2.24, 2.45) is 0 Å². The van der Waals surface area contributed by atoms with Crippen LogP contribution < -0.4 is 5.32 Å². The molecule has 17 heavy (non-hydrogen) atoms. The Morgan fingerprint density at radius 1 is 1.29 bits per heavy atom. The molecular weight excluding hydrogens is 240 g/mol. The second kappa shape index (κ2) is 6.97. The largest absolute Gasteiger partial charge is 0.310 e. The zero-order chi connectivity index (χ0) is 12.8. The molecule has 0 fully saturated rings. The van der Waals surface area contributed by atoms with Crippen LogP contribution >= 0.6 is 11.8 Å². The van der Waals surface area contributed by atoms with Crippen molar-refractivity contribution in [3.8, 4) is 0 Å². The summed E-state index contributed by atoms with van der Waals surface area (Å²) in [5.74, 6) is -1.53. The van der Waals surface area contributed by atoms with Crippen molar-refractivity contribution in [3.63, 3.8) is 0 Å². The van der Waals surface area contributed by atoms with Gasteiger partial charge < -0.3 is 5.32 Å². The molecule has 0 aliphatic carbocycles. The van der Waals surface area contributed by atoms with Crippen LogP contribution in [0.25, 0.3) is 0 Å². The normalized spacial score (nSPS) is 14.6. The topological polar surface area (TPSA) is 12.0 Å². The predicted octanol–water partition coefficient (Wildman–Crippen LogP) is 3.76. The van der Waals surface area contributed by atoms with Crippen LogP contribution in [0.4, 0.5) is 8.78 Å². The minimum absolute atomic E-state index is 0.167. The van der Waals surface area contributed by atoms with Crippen molar-refractivity contribution in [3.05, 3.63) is 35.4 Å². The van der Waals surface area contributed by atoms with Crippen LogP contribution in [-0.2, 0) is 0 Å². The van der Waals surface area contributed by atoms with E-state index in [9.17, 15) is 8.78 Å². The number of nitrogens with one attached hydrogen (secondary N) is 1. The van der Waals surface area contributed by atoms with E-state index in [4.69, 9.17) is 0 Å². The summed E-state index contributed by atoms with van der Waals surface area (Å²) in [5, 5.41) is 3.79. The average Bonchev–Trinajstić information content (AvgIpc) is 2.32. The number of hydrogen-bond acceptors (Lipinski definition) is 2. The van der Waals surface area contributed by atoms with Gasteiger partial charge in [0.2, 0.25) is 0 Å².